The first-order chi connectivity index (χ1) is 15.0. The highest BCUT2D eigenvalue weighted by atomic mass is 16.6. The van der Waals surface area contributed by atoms with Gasteiger partial charge in [0.25, 0.3) is 0 Å². The second-order valence-corrected chi connectivity index (χ2v) is 8.44. The number of nitrogens with zero attached hydrogens (tertiary/aromatic N) is 4. The van der Waals surface area contributed by atoms with Crippen molar-refractivity contribution in [2.24, 2.45) is 5.41 Å². The first-order valence-corrected chi connectivity index (χ1v) is 10.7. The first kappa shape index (κ1) is 21.4. The van der Waals surface area contributed by atoms with E-state index in [2.05, 4.69) is 38.9 Å². The molecule has 2 aromatic rings. The number of piperidine rings is 1. The Balaban J connectivity index is 1.35. The van der Waals surface area contributed by atoms with Gasteiger partial charge < -0.3 is 19.1 Å². The lowest BCUT2D eigenvalue weighted by Crippen LogP contribution is -2.43. The Morgan fingerprint density at radius 1 is 1.16 bits per heavy atom. The van der Waals surface area contributed by atoms with Crippen LogP contribution in [0.3, 0.4) is 0 Å². The lowest BCUT2D eigenvalue weighted by molar-refractivity contribution is -0.150. The maximum atomic E-state index is 12.8. The Bertz CT molecular complexity index is 877. The fourth-order valence-electron chi connectivity index (χ4n) is 4.57. The molecule has 0 saturated carbocycles. The van der Waals surface area contributed by atoms with Crippen LogP contribution in [0.25, 0.3) is 0 Å². The van der Waals surface area contributed by atoms with Crippen molar-refractivity contribution in [1.82, 2.24) is 14.9 Å². The number of carbonyl (C=O) groups excluding carboxylic acids is 1. The van der Waals surface area contributed by atoms with Crippen LogP contribution in [-0.4, -0.2) is 67.8 Å². The Kier molecular flexibility index (Phi) is 6.27. The molecule has 4 rings (SSSR count). The molecule has 0 bridgehead atoms. The molecule has 1 atom stereocenters. The van der Waals surface area contributed by atoms with Crippen molar-refractivity contribution in [3.05, 3.63) is 42.0 Å². The van der Waals surface area contributed by atoms with Crippen LogP contribution in [-0.2, 0) is 16.1 Å². The second-order valence-electron chi connectivity index (χ2n) is 8.44. The van der Waals surface area contributed by atoms with Crippen LogP contribution in [0.5, 0.6) is 11.9 Å². The quantitative estimate of drug-likeness (QED) is 0.625. The van der Waals surface area contributed by atoms with Crippen LogP contribution < -0.4 is 14.4 Å². The highest BCUT2D eigenvalue weighted by Crippen LogP contribution is 2.44. The van der Waals surface area contributed by atoms with Crippen LogP contribution in [0, 0.1) is 5.41 Å². The van der Waals surface area contributed by atoms with E-state index in [-0.39, 0.29) is 18.1 Å². The third kappa shape index (κ3) is 4.74. The average molecular weight is 427 g/mol. The minimum Gasteiger partial charge on any atom is -0.481 e. The molecule has 0 N–H and O–H groups in total. The fraction of sp³-hybridized carbons (Fsp3) is 0.522. The smallest absolute Gasteiger partial charge is 0.321 e. The number of likely N-dealkylation sites (N-methyl/N-ethyl adjacent to an activating group) is 1. The summed E-state index contributed by atoms with van der Waals surface area (Å²) in [5.41, 5.74) is 0.865. The van der Waals surface area contributed by atoms with Gasteiger partial charge in [-0.25, -0.2) is 0 Å². The summed E-state index contributed by atoms with van der Waals surface area (Å²) in [6.45, 7) is 3.04. The zero-order chi connectivity index (χ0) is 21.8. The van der Waals surface area contributed by atoms with E-state index in [0.717, 1.165) is 51.3 Å². The Hall–Kier alpha value is -2.87. The Labute approximate surface area is 183 Å². The van der Waals surface area contributed by atoms with Crippen LogP contribution >= 0.6 is 0 Å². The van der Waals surface area contributed by atoms with E-state index in [1.54, 1.807) is 13.2 Å². The lowest BCUT2D eigenvalue weighted by atomic mass is 9.76. The molecule has 1 spiro atoms. The molecule has 2 aliphatic rings. The number of hydrogen-bond donors (Lipinski definition) is 0. The van der Waals surface area contributed by atoms with Crippen molar-refractivity contribution in [1.29, 1.82) is 0 Å². The number of methoxy groups -OCH3 is 2. The molecule has 2 saturated heterocycles. The van der Waals surface area contributed by atoms with Crippen LogP contribution in [0.1, 0.15) is 24.8 Å². The van der Waals surface area contributed by atoms with Crippen molar-refractivity contribution < 1.29 is 19.0 Å². The van der Waals surface area contributed by atoms with E-state index >= 15 is 0 Å². The van der Waals surface area contributed by atoms with Crippen molar-refractivity contribution >= 4 is 11.8 Å². The minimum absolute atomic E-state index is 0.0527. The molecule has 3 heterocycles. The maximum absolute atomic E-state index is 12.8. The Morgan fingerprint density at radius 3 is 2.58 bits per heavy atom. The number of anilines is 1. The molecule has 0 amide bonds. The van der Waals surface area contributed by atoms with Crippen LogP contribution in [0.4, 0.5) is 5.82 Å². The van der Waals surface area contributed by atoms with Gasteiger partial charge >= 0.3 is 12.0 Å². The van der Waals surface area contributed by atoms with E-state index < -0.39 is 5.41 Å². The molecule has 8 heteroatoms. The van der Waals surface area contributed by atoms with Gasteiger partial charge in [0.1, 0.15) is 11.9 Å². The fourth-order valence-corrected chi connectivity index (χ4v) is 4.57. The van der Waals surface area contributed by atoms with Crippen molar-refractivity contribution in [2.75, 3.05) is 45.8 Å². The summed E-state index contributed by atoms with van der Waals surface area (Å²) in [4.78, 5) is 25.8. The number of carbonyl (C=O) groups is 1. The summed E-state index contributed by atoms with van der Waals surface area (Å²) in [6.07, 6.45) is 2.21. The zero-order valence-electron chi connectivity index (χ0n) is 18.4. The molecule has 0 radical (unpaired) electrons. The third-order valence-electron chi connectivity index (χ3n) is 6.24. The normalized spacial score (nSPS) is 20.2. The highest BCUT2D eigenvalue weighted by Gasteiger charge is 2.50. The summed E-state index contributed by atoms with van der Waals surface area (Å²) < 4.78 is 16.3. The highest BCUT2D eigenvalue weighted by molar-refractivity contribution is 5.79. The first-order valence-electron chi connectivity index (χ1n) is 10.7. The summed E-state index contributed by atoms with van der Waals surface area (Å²) >= 11 is 0. The average Bonchev–Trinajstić information content (AvgIpc) is 3.08. The summed E-state index contributed by atoms with van der Waals surface area (Å²) in [7, 11) is 5.18. The number of benzene rings is 1. The number of ether oxygens (including phenoxy) is 3. The van der Waals surface area contributed by atoms with E-state index in [4.69, 9.17) is 14.2 Å². The molecule has 166 valence electrons. The predicted octanol–water partition coefficient (Wildman–Crippen LogP) is 2.53. The maximum Gasteiger partial charge on any atom is 0.321 e. The predicted molar refractivity (Wildman–Crippen MR) is 116 cm³/mol. The van der Waals surface area contributed by atoms with Gasteiger partial charge in [0.05, 0.1) is 19.6 Å². The SMILES string of the molecule is COc1cc(N2CCC3(CC2)CC(CN(C)Cc2ccccc2)OC3=O)nc(OC)n1. The van der Waals surface area contributed by atoms with E-state index in [1.807, 2.05) is 18.2 Å². The molecule has 2 aliphatic heterocycles. The van der Waals surface area contributed by atoms with Crippen molar-refractivity contribution in [3.8, 4) is 11.9 Å². The molecule has 2 fully saturated rings. The molecule has 1 aromatic heterocycles. The second kappa shape index (κ2) is 9.09. The van der Waals surface area contributed by atoms with Gasteiger partial charge in [-0.2, -0.15) is 9.97 Å². The number of rotatable bonds is 7. The molecule has 1 unspecified atom stereocenters. The van der Waals surface area contributed by atoms with Gasteiger partial charge in [0, 0.05) is 38.7 Å². The van der Waals surface area contributed by atoms with Gasteiger partial charge in [-0.05, 0) is 25.5 Å². The topological polar surface area (TPSA) is 77.0 Å². The van der Waals surface area contributed by atoms with Crippen molar-refractivity contribution in [2.45, 2.75) is 31.9 Å². The summed E-state index contributed by atoms with van der Waals surface area (Å²) in [5.74, 6) is 1.16. The number of cyclic esters (lactones) is 1. The number of aromatic nitrogens is 2. The van der Waals surface area contributed by atoms with Crippen LogP contribution in [0.2, 0.25) is 0 Å². The summed E-state index contributed by atoms with van der Waals surface area (Å²) in [5, 5.41) is 0. The molecule has 1 aromatic carbocycles. The Morgan fingerprint density at radius 2 is 1.90 bits per heavy atom. The van der Waals surface area contributed by atoms with E-state index in [9.17, 15) is 4.79 Å². The van der Waals surface area contributed by atoms with Gasteiger partial charge in [0.2, 0.25) is 5.88 Å². The molecule has 0 aliphatic carbocycles. The van der Waals surface area contributed by atoms with Gasteiger partial charge in [-0.1, -0.05) is 30.3 Å². The number of esters is 1. The van der Waals surface area contributed by atoms with Crippen molar-refractivity contribution in [3.63, 3.8) is 0 Å². The number of hydrogen-bond acceptors (Lipinski definition) is 8. The molecular formula is C23H30N4O4. The minimum atomic E-state index is -0.393. The zero-order valence-corrected chi connectivity index (χ0v) is 18.4. The molecule has 31 heavy (non-hydrogen) atoms. The standard InChI is InChI=1S/C23H30N4O4/c1-26(15-17-7-5-4-6-8-17)16-18-14-23(21(28)31-18)9-11-27(12-10-23)19-13-20(29-2)25-22(24-19)30-3/h4-8,13,18H,9-12,14-16H2,1-3H3. The molecule has 8 nitrogen and oxygen atoms in total. The lowest BCUT2D eigenvalue weighted by Gasteiger charge is -2.37. The van der Waals surface area contributed by atoms with E-state index in [0.29, 0.717) is 5.88 Å². The monoisotopic (exact) mass is 426 g/mol. The third-order valence-corrected chi connectivity index (χ3v) is 6.24. The largest absolute Gasteiger partial charge is 0.481 e. The van der Waals surface area contributed by atoms with Gasteiger partial charge in [-0.3, -0.25) is 9.69 Å². The van der Waals surface area contributed by atoms with E-state index in [1.165, 1.54) is 12.7 Å². The summed E-state index contributed by atoms with van der Waals surface area (Å²) in [6, 6.07) is 12.4. The van der Waals surface area contributed by atoms with Crippen LogP contribution in [0.15, 0.2) is 36.4 Å². The van der Waals surface area contributed by atoms with Gasteiger partial charge in [0.15, 0.2) is 0 Å². The molecular weight excluding hydrogens is 396 g/mol. The van der Waals surface area contributed by atoms with Gasteiger partial charge in [-0.15, -0.1) is 0 Å².